The van der Waals surface area contributed by atoms with Crippen molar-refractivity contribution in [3.63, 3.8) is 0 Å². The SMILES string of the molecule is Cc1ccc(NC(=O)C(C)NCCCNS(C)(=O)=O)cc1. The minimum atomic E-state index is -3.14. The van der Waals surface area contributed by atoms with E-state index in [4.69, 9.17) is 0 Å². The van der Waals surface area contributed by atoms with Gasteiger partial charge in [-0.05, 0) is 38.9 Å². The van der Waals surface area contributed by atoms with E-state index in [1.54, 1.807) is 6.92 Å². The van der Waals surface area contributed by atoms with Gasteiger partial charge in [0.25, 0.3) is 0 Å². The van der Waals surface area contributed by atoms with Crippen molar-refractivity contribution >= 4 is 21.6 Å². The van der Waals surface area contributed by atoms with Crippen molar-refractivity contribution in [2.24, 2.45) is 0 Å². The highest BCUT2D eigenvalue weighted by Gasteiger charge is 2.11. The second-order valence-corrected chi connectivity index (χ2v) is 6.88. The lowest BCUT2D eigenvalue weighted by molar-refractivity contribution is -0.117. The molecule has 0 saturated heterocycles. The van der Waals surface area contributed by atoms with Crippen molar-refractivity contribution in [1.29, 1.82) is 0 Å². The van der Waals surface area contributed by atoms with E-state index in [9.17, 15) is 13.2 Å². The summed E-state index contributed by atoms with van der Waals surface area (Å²) in [6.45, 7) is 4.68. The second kappa shape index (κ2) is 8.11. The first kappa shape index (κ1) is 17.6. The fourth-order valence-electron chi connectivity index (χ4n) is 1.64. The van der Waals surface area contributed by atoms with E-state index in [0.717, 1.165) is 17.5 Å². The molecule has 3 N–H and O–H groups in total. The summed E-state index contributed by atoms with van der Waals surface area (Å²) in [6.07, 6.45) is 1.74. The maximum Gasteiger partial charge on any atom is 0.241 e. The van der Waals surface area contributed by atoms with E-state index in [2.05, 4.69) is 15.4 Å². The Kier molecular flexibility index (Phi) is 6.80. The molecule has 1 atom stereocenters. The van der Waals surface area contributed by atoms with Crippen LogP contribution in [0.2, 0.25) is 0 Å². The molecule has 1 aromatic carbocycles. The van der Waals surface area contributed by atoms with Gasteiger partial charge in [0.1, 0.15) is 0 Å². The summed E-state index contributed by atoms with van der Waals surface area (Å²) >= 11 is 0. The van der Waals surface area contributed by atoms with Crippen LogP contribution in [0, 0.1) is 6.92 Å². The number of amides is 1. The zero-order valence-electron chi connectivity index (χ0n) is 12.6. The minimum Gasteiger partial charge on any atom is -0.325 e. The second-order valence-electron chi connectivity index (χ2n) is 5.05. The molecule has 0 fully saturated rings. The molecule has 0 bridgehead atoms. The average Bonchev–Trinajstić information content (AvgIpc) is 2.39. The zero-order valence-corrected chi connectivity index (χ0v) is 13.5. The van der Waals surface area contributed by atoms with Crippen LogP contribution in [0.25, 0.3) is 0 Å². The largest absolute Gasteiger partial charge is 0.325 e. The third-order valence-corrected chi connectivity index (χ3v) is 3.61. The Labute approximate surface area is 126 Å². The summed E-state index contributed by atoms with van der Waals surface area (Å²) in [5, 5.41) is 5.87. The summed E-state index contributed by atoms with van der Waals surface area (Å²) in [7, 11) is -3.14. The third kappa shape index (κ3) is 7.79. The van der Waals surface area contributed by atoms with Crippen molar-refractivity contribution in [2.75, 3.05) is 24.7 Å². The molecular formula is C14H23N3O3S. The minimum absolute atomic E-state index is 0.116. The molecule has 0 heterocycles. The Balaban J connectivity index is 2.26. The average molecular weight is 313 g/mol. The fourth-order valence-corrected chi connectivity index (χ4v) is 2.16. The molecule has 0 aliphatic carbocycles. The number of hydrogen-bond acceptors (Lipinski definition) is 4. The molecule has 1 aromatic rings. The first-order valence-corrected chi connectivity index (χ1v) is 8.72. The molecule has 0 spiro atoms. The number of aryl methyl sites for hydroxylation is 1. The van der Waals surface area contributed by atoms with Gasteiger partial charge in [0, 0.05) is 12.2 Å². The molecule has 21 heavy (non-hydrogen) atoms. The zero-order chi connectivity index (χ0) is 15.9. The molecule has 7 heteroatoms. The van der Waals surface area contributed by atoms with E-state index in [0.29, 0.717) is 19.5 Å². The van der Waals surface area contributed by atoms with E-state index < -0.39 is 10.0 Å². The van der Waals surface area contributed by atoms with Crippen LogP contribution in [0.3, 0.4) is 0 Å². The molecule has 0 aromatic heterocycles. The van der Waals surface area contributed by atoms with Crippen molar-refractivity contribution < 1.29 is 13.2 Å². The Hall–Kier alpha value is -1.44. The Morgan fingerprint density at radius 1 is 1.19 bits per heavy atom. The van der Waals surface area contributed by atoms with Gasteiger partial charge >= 0.3 is 0 Å². The van der Waals surface area contributed by atoms with E-state index in [1.807, 2.05) is 31.2 Å². The standard InChI is InChI=1S/C14H23N3O3S/c1-11-5-7-13(8-6-11)17-14(18)12(2)15-9-4-10-16-21(3,19)20/h5-8,12,15-16H,4,9-10H2,1-3H3,(H,17,18). The number of anilines is 1. The van der Waals surface area contributed by atoms with Gasteiger partial charge in [-0.3, -0.25) is 4.79 Å². The summed E-state index contributed by atoms with van der Waals surface area (Å²) in [4.78, 5) is 11.9. The number of hydrogen-bond donors (Lipinski definition) is 3. The van der Waals surface area contributed by atoms with Crippen molar-refractivity contribution in [2.45, 2.75) is 26.3 Å². The van der Waals surface area contributed by atoms with Crippen LogP contribution in [0.1, 0.15) is 18.9 Å². The van der Waals surface area contributed by atoms with Crippen LogP contribution < -0.4 is 15.4 Å². The Bertz CT molecular complexity index is 555. The number of sulfonamides is 1. The lowest BCUT2D eigenvalue weighted by atomic mass is 10.2. The summed E-state index contributed by atoms with van der Waals surface area (Å²) in [6, 6.07) is 7.24. The predicted molar refractivity (Wildman–Crippen MR) is 84.7 cm³/mol. The van der Waals surface area contributed by atoms with Gasteiger partial charge in [0.05, 0.1) is 12.3 Å². The van der Waals surface area contributed by atoms with Crippen LogP contribution in [0.4, 0.5) is 5.69 Å². The smallest absolute Gasteiger partial charge is 0.241 e. The molecular weight excluding hydrogens is 290 g/mol. The van der Waals surface area contributed by atoms with E-state index in [1.165, 1.54) is 0 Å². The lowest BCUT2D eigenvalue weighted by Crippen LogP contribution is -2.39. The molecule has 0 saturated carbocycles. The van der Waals surface area contributed by atoms with Gasteiger partial charge in [0.15, 0.2) is 0 Å². The van der Waals surface area contributed by atoms with Crippen LogP contribution in [-0.2, 0) is 14.8 Å². The van der Waals surface area contributed by atoms with Gasteiger partial charge in [-0.25, -0.2) is 13.1 Å². The highest BCUT2D eigenvalue weighted by molar-refractivity contribution is 7.88. The number of benzene rings is 1. The van der Waals surface area contributed by atoms with Gasteiger partial charge in [0.2, 0.25) is 15.9 Å². The maximum absolute atomic E-state index is 11.9. The number of nitrogens with one attached hydrogen (secondary N) is 3. The van der Waals surface area contributed by atoms with Gasteiger partial charge in [-0.2, -0.15) is 0 Å². The fraction of sp³-hybridized carbons (Fsp3) is 0.500. The molecule has 0 radical (unpaired) electrons. The quantitative estimate of drug-likeness (QED) is 0.621. The predicted octanol–water partition coefficient (Wildman–Crippen LogP) is 0.851. The molecule has 1 rings (SSSR count). The number of carbonyl (C=O) groups excluding carboxylic acids is 1. The molecule has 118 valence electrons. The molecule has 1 unspecified atom stereocenters. The topological polar surface area (TPSA) is 87.3 Å². The normalized spacial score (nSPS) is 12.9. The highest BCUT2D eigenvalue weighted by Crippen LogP contribution is 2.08. The van der Waals surface area contributed by atoms with Crippen LogP contribution in [-0.4, -0.2) is 39.7 Å². The van der Waals surface area contributed by atoms with Crippen molar-refractivity contribution in [3.05, 3.63) is 29.8 Å². The summed E-state index contributed by atoms with van der Waals surface area (Å²) in [5.41, 5.74) is 1.90. The first-order chi connectivity index (χ1) is 9.78. The van der Waals surface area contributed by atoms with Crippen LogP contribution >= 0.6 is 0 Å². The molecule has 0 aliphatic rings. The number of carbonyl (C=O) groups is 1. The highest BCUT2D eigenvalue weighted by atomic mass is 32.2. The molecule has 1 amide bonds. The summed E-state index contributed by atoms with van der Waals surface area (Å²) < 4.78 is 24.1. The first-order valence-electron chi connectivity index (χ1n) is 6.83. The van der Waals surface area contributed by atoms with Gasteiger partial charge in [-0.1, -0.05) is 17.7 Å². The Morgan fingerprint density at radius 2 is 1.81 bits per heavy atom. The van der Waals surface area contributed by atoms with Crippen LogP contribution in [0.15, 0.2) is 24.3 Å². The van der Waals surface area contributed by atoms with Crippen molar-refractivity contribution in [3.8, 4) is 0 Å². The third-order valence-electron chi connectivity index (χ3n) is 2.88. The maximum atomic E-state index is 11.9. The lowest BCUT2D eigenvalue weighted by Gasteiger charge is -2.14. The molecule has 6 nitrogen and oxygen atoms in total. The monoisotopic (exact) mass is 313 g/mol. The van der Waals surface area contributed by atoms with Crippen molar-refractivity contribution in [1.82, 2.24) is 10.0 Å². The molecule has 0 aliphatic heterocycles. The summed E-state index contributed by atoms with van der Waals surface area (Å²) in [5.74, 6) is -0.116. The van der Waals surface area contributed by atoms with E-state index >= 15 is 0 Å². The van der Waals surface area contributed by atoms with Crippen LogP contribution in [0.5, 0.6) is 0 Å². The van der Waals surface area contributed by atoms with Gasteiger partial charge < -0.3 is 10.6 Å². The van der Waals surface area contributed by atoms with Gasteiger partial charge in [-0.15, -0.1) is 0 Å². The van der Waals surface area contributed by atoms with E-state index in [-0.39, 0.29) is 11.9 Å². The number of rotatable bonds is 8. The Morgan fingerprint density at radius 3 is 2.38 bits per heavy atom.